The van der Waals surface area contributed by atoms with Crippen LogP contribution in [0.4, 0.5) is 0 Å². The Bertz CT molecular complexity index is 687. The van der Waals surface area contributed by atoms with Crippen LogP contribution in [-0.4, -0.2) is 8.42 Å². The standard InChI is InChI=1S/C16H18N2O2S/c1-15(13-9-5-3-6-10-13)16(2,18-21(19,20)17-15)14-11-7-4-8-12-14/h3-12,17-18H,1-2H3/t15-,16+. The minimum absolute atomic E-state index is 0.769. The number of hydrogen-bond donors (Lipinski definition) is 2. The Kier molecular flexibility index (Phi) is 3.16. The van der Waals surface area contributed by atoms with Gasteiger partial charge in [-0.3, -0.25) is 0 Å². The Morgan fingerprint density at radius 2 is 1.05 bits per heavy atom. The highest BCUT2D eigenvalue weighted by Gasteiger charge is 2.56. The molecular weight excluding hydrogens is 284 g/mol. The molecule has 1 aliphatic rings. The van der Waals surface area contributed by atoms with Gasteiger partial charge < -0.3 is 0 Å². The number of rotatable bonds is 2. The fraction of sp³-hybridized carbons (Fsp3) is 0.250. The number of nitrogens with one attached hydrogen (secondary N) is 2. The molecule has 2 aromatic rings. The highest BCUT2D eigenvalue weighted by Crippen LogP contribution is 2.44. The quantitative estimate of drug-likeness (QED) is 0.894. The van der Waals surface area contributed by atoms with E-state index in [-0.39, 0.29) is 0 Å². The molecule has 110 valence electrons. The highest BCUT2D eigenvalue weighted by molar-refractivity contribution is 7.87. The lowest BCUT2D eigenvalue weighted by Gasteiger charge is -2.39. The van der Waals surface area contributed by atoms with Gasteiger partial charge in [0.1, 0.15) is 0 Å². The zero-order valence-corrected chi connectivity index (χ0v) is 12.8. The molecule has 1 aliphatic heterocycles. The summed E-state index contributed by atoms with van der Waals surface area (Å²) in [6.07, 6.45) is 0. The summed E-state index contributed by atoms with van der Waals surface area (Å²) in [6.45, 7) is 3.82. The summed E-state index contributed by atoms with van der Waals surface area (Å²) >= 11 is 0. The normalized spacial score (nSPS) is 31.1. The summed E-state index contributed by atoms with van der Waals surface area (Å²) in [5.41, 5.74) is 0.304. The Morgan fingerprint density at radius 3 is 1.38 bits per heavy atom. The van der Waals surface area contributed by atoms with E-state index in [0.717, 1.165) is 11.1 Å². The van der Waals surface area contributed by atoms with Gasteiger partial charge in [0.15, 0.2) is 0 Å². The first-order chi connectivity index (χ1) is 9.87. The molecule has 0 radical (unpaired) electrons. The van der Waals surface area contributed by atoms with Crippen molar-refractivity contribution < 1.29 is 8.42 Å². The molecule has 1 heterocycles. The Morgan fingerprint density at radius 1 is 0.714 bits per heavy atom. The maximum atomic E-state index is 12.2. The topological polar surface area (TPSA) is 58.2 Å². The highest BCUT2D eigenvalue weighted by atomic mass is 32.2. The predicted molar refractivity (Wildman–Crippen MR) is 82.8 cm³/mol. The molecule has 2 N–H and O–H groups in total. The van der Waals surface area contributed by atoms with E-state index < -0.39 is 21.3 Å². The lowest BCUT2D eigenvalue weighted by Crippen LogP contribution is -2.51. The first-order valence-corrected chi connectivity index (χ1v) is 8.30. The molecule has 0 saturated carbocycles. The van der Waals surface area contributed by atoms with Crippen molar-refractivity contribution >= 4 is 10.2 Å². The van der Waals surface area contributed by atoms with E-state index >= 15 is 0 Å². The lowest BCUT2D eigenvalue weighted by atomic mass is 9.72. The third-order valence-electron chi connectivity index (χ3n) is 4.38. The molecule has 1 fully saturated rings. The molecule has 0 bridgehead atoms. The summed E-state index contributed by atoms with van der Waals surface area (Å²) in [5.74, 6) is 0. The first-order valence-electron chi connectivity index (χ1n) is 6.81. The van der Waals surface area contributed by atoms with Gasteiger partial charge in [0.2, 0.25) is 0 Å². The van der Waals surface area contributed by atoms with Gasteiger partial charge >= 0.3 is 0 Å². The zero-order chi connectivity index (χ0) is 15.1. The second-order valence-electron chi connectivity index (χ2n) is 5.69. The fourth-order valence-corrected chi connectivity index (χ4v) is 4.78. The van der Waals surface area contributed by atoms with Gasteiger partial charge in [-0.25, -0.2) is 0 Å². The molecule has 0 spiro atoms. The van der Waals surface area contributed by atoms with Crippen LogP contribution in [0, 0.1) is 0 Å². The molecule has 5 heteroatoms. The average molecular weight is 302 g/mol. The van der Waals surface area contributed by atoms with E-state index in [0.29, 0.717) is 0 Å². The summed E-state index contributed by atoms with van der Waals surface area (Å²) in [7, 11) is -3.56. The molecule has 0 aromatic heterocycles. The van der Waals surface area contributed by atoms with Crippen molar-refractivity contribution in [2.75, 3.05) is 0 Å². The van der Waals surface area contributed by atoms with E-state index in [2.05, 4.69) is 9.44 Å². The Labute approximate surface area is 125 Å². The summed E-state index contributed by atoms with van der Waals surface area (Å²) in [4.78, 5) is 0. The van der Waals surface area contributed by atoms with E-state index in [4.69, 9.17) is 0 Å². The smallest absolute Gasteiger partial charge is 0.195 e. The minimum atomic E-state index is -3.56. The van der Waals surface area contributed by atoms with Crippen LogP contribution in [-0.2, 0) is 21.3 Å². The second-order valence-corrected chi connectivity index (χ2v) is 7.10. The van der Waals surface area contributed by atoms with Gasteiger partial charge in [-0.05, 0) is 25.0 Å². The van der Waals surface area contributed by atoms with Crippen molar-refractivity contribution in [1.29, 1.82) is 0 Å². The summed E-state index contributed by atoms with van der Waals surface area (Å²) in [6, 6.07) is 19.3. The third-order valence-corrected chi connectivity index (χ3v) is 5.73. The molecule has 21 heavy (non-hydrogen) atoms. The van der Waals surface area contributed by atoms with Crippen molar-refractivity contribution in [3.63, 3.8) is 0 Å². The third kappa shape index (κ3) is 2.18. The maximum absolute atomic E-state index is 12.2. The van der Waals surface area contributed by atoms with Crippen LogP contribution in [0.1, 0.15) is 25.0 Å². The molecule has 3 rings (SSSR count). The molecule has 4 nitrogen and oxygen atoms in total. The Balaban J connectivity index is 2.22. The SMILES string of the molecule is C[C@@]1(c2ccccc2)NS(=O)(=O)N[C@]1(C)c1ccccc1. The Hall–Kier alpha value is -1.69. The van der Waals surface area contributed by atoms with Gasteiger partial charge in [0.05, 0.1) is 11.1 Å². The van der Waals surface area contributed by atoms with Crippen molar-refractivity contribution in [2.45, 2.75) is 24.9 Å². The zero-order valence-electron chi connectivity index (χ0n) is 12.0. The molecule has 0 aliphatic carbocycles. The maximum Gasteiger partial charge on any atom is 0.278 e. The van der Waals surface area contributed by atoms with Gasteiger partial charge in [-0.15, -0.1) is 0 Å². The largest absolute Gasteiger partial charge is 0.278 e. The van der Waals surface area contributed by atoms with Crippen LogP contribution in [0.3, 0.4) is 0 Å². The molecule has 0 amide bonds. The van der Waals surface area contributed by atoms with E-state index in [1.165, 1.54) is 0 Å². The lowest BCUT2D eigenvalue weighted by molar-refractivity contribution is 0.254. The summed E-state index contributed by atoms with van der Waals surface area (Å²) < 4.78 is 29.9. The molecule has 2 aromatic carbocycles. The summed E-state index contributed by atoms with van der Waals surface area (Å²) in [5, 5.41) is 0. The monoisotopic (exact) mass is 302 g/mol. The molecule has 2 atom stereocenters. The van der Waals surface area contributed by atoms with Crippen LogP contribution >= 0.6 is 0 Å². The second kappa shape index (κ2) is 4.66. The first kappa shape index (κ1) is 14.3. The molecule has 0 unspecified atom stereocenters. The van der Waals surface area contributed by atoms with E-state index in [9.17, 15) is 8.42 Å². The van der Waals surface area contributed by atoms with Gasteiger partial charge in [-0.1, -0.05) is 60.7 Å². The van der Waals surface area contributed by atoms with Crippen LogP contribution in [0.15, 0.2) is 60.7 Å². The van der Waals surface area contributed by atoms with Crippen molar-refractivity contribution in [1.82, 2.24) is 9.44 Å². The van der Waals surface area contributed by atoms with Gasteiger partial charge in [0, 0.05) is 0 Å². The van der Waals surface area contributed by atoms with Gasteiger partial charge in [-0.2, -0.15) is 17.9 Å². The van der Waals surface area contributed by atoms with Gasteiger partial charge in [0.25, 0.3) is 10.2 Å². The molecular formula is C16H18N2O2S. The molecule has 1 saturated heterocycles. The average Bonchev–Trinajstić information content (AvgIpc) is 2.68. The van der Waals surface area contributed by atoms with Crippen LogP contribution in [0.2, 0.25) is 0 Å². The van der Waals surface area contributed by atoms with Crippen molar-refractivity contribution in [3.8, 4) is 0 Å². The predicted octanol–water partition coefficient (Wildman–Crippen LogP) is 2.25. The van der Waals surface area contributed by atoms with E-state index in [1.54, 1.807) is 0 Å². The van der Waals surface area contributed by atoms with Crippen LogP contribution < -0.4 is 9.44 Å². The van der Waals surface area contributed by atoms with Crippen molar-refractivity contribution in [3.05, 3.63) is 71.8 Å². The minimum Gasteiger partial charge on any atom is -0.195 e. The number of hydrogen-bond acceptors (Lipinski definition) is 2. The van der Waals surface area contributed by atoms with E-state index in [1.807, 2.05) is 74.5 Å². The fourth-order valence-electron chi connectivity index (χ4n) is 3.01. The van der Waals surface area contributed by atoms with Crippen molar-refractivity contribution in [2.24, 2.45) is 0 Å². The number of benzene rings is 2. The van der Waals surface area contributed by atoms with Crippen LogP contribution in [0.5, 0.6) is 0 Å². The van der Waals surface area contributed by atoms with Crippen LogP contribution in [0.25, 0.3) is 0 Å².